The molecule has 6 atom stereocenters. The molecule has 0 saturated carbocycles. The number of ether oxygens (including phenoxy) is 1. The summed E-state index contributed by atoms with van der Waals surface area (Å²) in [7, 11) is 0. The third-order valence-electron chi connectivity index (χ3n) is 2.90. The first-order chi connectivity index (χ1) is 11.1. The Hall–Kier alpha value is -0.580. The van der Waals surface area contributed by atoms with E-state index in [2.05, 4.69) is 4.74 Å². The Labute approximate surface area is 176 Å². The number of hydrogen-bond donors (Lipinski definition) is 9. The number of aldehydes is 1. The van der Waals surface area contributed by atoms with Crippen molar-refractivity contribution >= 4 is 50.0 Å². The summed E-state index contributed by atoms with van der Waals surface area (Å²) in [5.74, 6) is -2.78. The van der Waals surface area contributed by atoms with Crippen LogP contribution in [0, 0.1) is 0 Å². The number of esters is 1. The topological polar surface area (TPSA) is 257 Å². The Morgan fingerprint density at radius 1 is 1.00 bits per heavy atom. The predicted octanol–water partition coefficient (Wildman–Crippen LogP) is -6.53. The van der Waals surface area contributed by atoms with E-state index in [4.69, 9.17) is 46.0 Å². The molecule has 0 aromatic heterocycles. The monoisotopic (exact) mass is 416 g/mol. The van der Waals surface area contributed by atoms with Crippen molar-refractivity contribution in [3.8, 4) is 0 Å². The molecular weight excluding hydrogens is 392 g/mol. The molecule has 1 rings (SSSR count). The normalized spacial score (nSPS) is 21.7. The number of carbonyl (C=O) groups excluding carboxylic acids is 2. The van der Waals surface area contributed by atoms with Crippen LogP contribution in [-0.4, -0.2) is 151 Å². The van der Waals surface area contributed by atoms with Gasteiger partial charge in [-0.1, -0.05) is 0 Å². The molecule has 26 heavy (non-hydrogen) atoms. The molecule has 0 bridgehead atoms. The molecule has 0 spiro atoms. The molecule has 0 saturated heterocycles. The van der Waals surface area contributed by atoms with Gasteiger partial charge in [0.05, 0.1) is 13.2 Å². The van der Waals surface area contributed by atoms with Crippen molar-refractivity contribution in [2.24, 2.45) is 0 Å². The number of aliphatic hydroxyl groups excluding tert-OH is 9. The Balaban J connectivity index is -0.000000378. The molecule has 0 aromatic carbocycles. The van der Waals surface area contributed by atoms with Gasteiger partial charge >= 0.3 is 43.7 Å². The summed E-state index contributed by atoms with van der Waals surface area (Å²) in [5.41, 5.74) is 0. The molecule has 11 N–H and O–H groups in total. The van der Waals surface area contributed by atoms with E-state index in [1.165, 1.54) is 0 Å². The number of carbonyl (C=O) groups is 2. The average molecular weight is 416 g/mol. The summed E-state index contributed by atoms with van der Waals surface area (Å²) < 4.78 is 4.32. The first-order valence-corrected chi connectivity index (χ1v) is 6.52. The van der Waals surface area contributed by atoms with Crippen LogP contribution >= 0.6 is 0 Å². The van der Waals surface area contributed by atoms with Crippen LogP contribution in [0.2, 0.25) is 0 Å². The van der Waals surface area contributed by atoms with Crippen molar-refractivity contribution in [1.82, 2.24) is 0 Å². The van der Waals surface area contributed by atoms with Gasteiger partial charge in [-0.25, -0.2) is 4.79 Å². The van der Waals surface area contributed by atoms with Crippen LogP contribution in [0.15, 0.2) is 11.5 Å². The summed E-state index contributed by atoms with van der Waals surface area (Å²) in [5, 5.41) is 78.6. The minimum atomic E-state index is -1.79. The van der Waals surface area contributed by atoms with E-state index >= 15 is 0 Å². The summed E-state index contributed by atoms with van der Waals surface area (Å²) in [6.07, 6.45) is -9.62. The number of cyclic esters (lactones) is 1. The molecule has 0 fully saturated rings. The van der Waals surface area contributed by atoms with Crippen LogP contribution in [0.5, 0.6) is 0 Å². The minimum absolute atomic E-state index is 0. The summed E-state index contributed by atoms with van der Waals surface area (Å²) in [6.45, 7) is -1.43. The molecule has 152 valence electrons. The molecule has 0 unspecified atom stereocenters. The number of aliphatic hydroxyl groups is 9. The van der Waals surface area contributed by atoms with Crippen molar-refractivity contribution in [3.05, 3.63) is 11.5 Å². The van der Waals surface area contributed by atoms with Crippen LogP contribution in [0.1, 0.15) is 0 Å². The van der Waals surface area contributed by atoms with Gasteiger partial charge in [0, 0.05) is 0 Å². The maximum absolute atomic E-state index is 10.5. The zero-order valence-electron chi connectivity index (χ0n) is 12.7. The fraction of sp³-hybridized carbons (Fsp3) is 0.667. The van der Waals surface area contributed by atoms with Gasteiger partial charge in [-0.15, -0.1) is 0 Å². The van der Waals surface area contributed by atoms with E-state index in [0.717, 1.165) is 0 Å². The second kappa shape index (κ2) is 14.5. The summed E-state index contributed by atoms with van der Waals surface area (Å²) in [6, 6.07) is 0. The van der Waals surface area contributed by atoms with Crippen LogP contribution in [0.3, 0.4) is 0 Å². The van der Waals surface area contributed by atoms with Crippen molar-refractivity contribution in [2.75, 3.05) is 13.2 Å². The average Bonchev–Trinajstić information content (AvgIpc) is 2.86. The van der Waals surface area contributed by atoms with Crippen molar-refractivity contribution in [1.29, 1.82) is 0 Å². The van der Waals surface area contributed by atoms with Crippen molar-refractivity contribution in [2.45, 2.75) is 36.6 Å². The zero-order valence-corrected chi connectivity index (χ0v) is 12.7. The van der Waals surface area contributed by atoms with E-state index in [0.29, 0.717) is 0 Å². The van der Waals surface area contributed by atoms with E-state index in [9.17, 15) is 9.59 Å². The van der Waals surface area contributed by atoms with E-state index in [-0.39, 0.29) is 49.5 Å². The summed E-state index contributed by atoms with van der Waals surface area (Å²) in [4.78, 5) is 20.4. The number of hydrogen-bond acceptors (Lipinski definition) is 12. The van der Waals surface area contributed by atoms with Crippen LogP contribution < -0.4 is 0 Å². The van der Waals surface area contributed by atoms with Crippen LogP contribution in [-0.2, 0) is 14.3 Å². The van der Waals surface area contributed by atoms with E-state index in [1.807, 2.05) is 0 Å². The molecule has 0 aromatic rings. The fourth-order valence-corrected chi connectivity index (χ4v) is 1.44. The van der Waals surface area contributed by atoms with E-state index in [1.54, 1.807) is 0 Å². The standard InChI is InChI=1S/C6H8O6.C6H12O6.Ca.H2O.2H/c7-1-2(8)5-3(9)4(10)6(11)12-5;7-1-3(9)5(11)6(12)4(10)2-8;;;;/h2,5,7-10H,1H2;1,3-6,8-12H,2H2;;1H2;;/t2-,5+;3-,4+,5+,6+;;;;/m00..../s1. The van der Waals surface area contributed by atoms with Crippen LogP contribution in [0.4, 0.5) is 0 Å². The quantitative estimate of drug-likeness (QED) is 0.107. The Morgan fingerprint density at radius 3 is 1.81 bits per heavy atom. The zero-order chi connectivity index (χ0) is 19.0. The Morgan fingerprint density at radius 2 is 1.50 bits per heavy atom. The molecule has 1 aliphatic rings. The molecule has 1 heterocycles. The van der Waals surface area contributed by atoms with Gasteiger partial charge in [0.25, 0.3) is 0 Å². The first-order valence-electron chi connectivity index (χ1n) is 6.52. The fourth-order valence-electron chi connectivity index (χ4n) is 1.44. The van der Waals surface area contributed by atoms with Crippen molar-refractivity contribution in [3.63, 3.8) is 0 Å². The van der Waals surface area contributed by atoms with Gasteiger partial charge in [0.1, 0.15) is 30.5 Å². The molecule has 1 aliphatic heterocycles. The van der Waals surface area contributed by atoms with Crippen molar-refractivity contribution < 1.29 is 65.8 Å². The molecule has 14 heteroatoms. The van der Waals surface area contributed by atoms with Gasteiger partial charge in [0.15, 0.2) is 18.1 Å². The van der Waals surface area contributed by atoms with Gasteiger partial charge in [0.2, 0.25) is 5.76 Å². The first kappa shape index (κ1) is 30.2. The SMILES string of the molecule is O.O=C1O[C@H]([C@@H](O)CO)C(O)=C1O.O=C[C@H](O)[C@@H](O)[C@H](O)[C@H](O)CO.[CaH2]. The Bertz CT molecular complexity index is 456. The summed E-state index contributed by atoms with van der Waals surface area (Å²) >= 11 is 0. The van der Waals surface area contributed by atoms with Gasteiger partial charge in [-0.05, 0) is 0 Å². The van der Waals surface area contributed by atoms with Crippen LogP contribution in [0.25, 0.3) is 0 Å². The molecule has 0 aliphatic carbocycles. The third kappa shape index (κ3) is 8.41. The van der Waals surface area contributed by atoms with E-state index < -0.39 is 67.3 Å². The second-order valence-corrected chi connectivity index (χ2v) is 4.67. The van der Waals surface area contributed by atoms with Gasteiger partial charge in [-0.3, -0.25) is 0 Å². The predicted molar refractivity (Wildman–Crippen MR) is 84.6 cm³/mol. The van der Waals surface area contributed by atoms with Gasteiger partial charge in [-0.2, -0.15) is 0 Å². The number of rotatable bonds is 7. The maximum atomic E-state index is 10.5. The Kier molecular flexibility index (Phi) is 16.8. The second-order valence-electron chi connectivity index (χ2n) is 4.67. The third-order valence-corrected chi connectivity index (χ3v) is 2.90. The molecule has 13 nitrogen and oxygen atoms in total. The molecular formula is C12H24CaO13. The molecule has 0 radical (unpaired) electrons. The molecule has 0 amide bonds. The van der Waals surface area contributed by atoms with Gasteiger partial charge < -0.3 is 61.0 Å².